The highest BCUT2D eigenvalue weighted by molar-refractivity contribution is 5.92. The van der Waals surface area contributed by atoms with Crippen molar-refractivity contribution in [2.75, 3.05) is 18.4 Å². The molecule has 1 saturated heterocycles. The van der Waals surface area contributed by atoms with E-state index >= 15 is 0 Å². The van der Waals surface area contributed by atoms with Crippen LogP contribution in [-0.4, -0.2) is 29.8 Å². The summed E-state index contributed by atoms with van der Waals surface area (Å²) in [5, 5.41) is 2.87. The molecule has 7 heteroatoms. The second kappa shape index (κ2) is 8.46. The highest BCUT2D eigenvalue weighted by Crippen LogP contribution is 2.30. The van der Waals surface area contributed by atoms with Gasteiger partial charge in [0.15, 0.2) is 0 Å². The molecule has 2 aromatic carbocycles. The van der Waals surface area contributed by atoms with Crippen LogP contribution < -0.4 is 5.32 Å². The van der Waals surface area contributed by atoms with Crippen molar-refractivity contribution in [2.24, 2.45) is 5.92 Å². The van der Waals surface area contributed by atoms with E-state index in [-0.39, 0.29) is 24.2 Å². The number of likely N-dealkylation sites (tertiary alicyclic amines) is 1. The first-order valence-electron chi connectivity index (χ1n) is 9.13. The van der Waals surface area contributed by atoms with Crippen LogP contribution in [0.25, 0.3) is 0 Å². The predicted molar refractivity (Wildman–Crippen MR) is 99.5 cm³/mol. The fourth-order valence-corrected chi connectivity index (χ4v) is 3.30. The molecule has 28 heavy (non-hydrogen) atoms. The first kappa shape index (κ1) is 19.9. The minimum Gasteiger partial charge on any atom is -0.342 e. The molecule has 148 valence electrons. The lowest BCUT2D eigenvalue weighted by Gasteiger charge is -2.31. The van der Waals surface area contributed by atoms with E-state index in [2.05, 4.69) is 5.32 Å². The highest BCUT2D eigenvalue weighted by atomic mass is 19.4. The number of anilines is 1. The largest absolute Gasteiger partial charge is 0.416 e. The van der Waals surface area contributed by atoms with E-state index in [1.165, 1.54) is 12.1 Å². The summed E-state index contributed by atoms with van der Waals surface area (Å²) >= 11 is 0. The number of para-hydroxylation sites is 1. The van der Waals surface area contributed by atoms with Crippen molar-refractivity contribution in [3.63, 3.8) is 0 Å². The van der Waals surface area contributed by atoms with E-state index in [0.717, 1.165) is 17.8 Å². The first-order chi connectivity index (χ1) is 13.3. The Labute approximate surface area is 161 Å². The van der Waals surface area contributed by atoms with Crippen LogP contribution in [0.5, 0.6) is 0 Å². The summed E-state index contributed by atoms with van der Waals surface area (Å²) in [5.74, 6) is -0.477. The monoisotopic (exact) mass is 390 g/mol. The lowest BCUT2D eigenvalue weighted by atomic mass is 9.95. The number of nitrogens with zero attached hydrogens (tertiary/aromatic N) is 1. The summed E-state index contributed by atoms with van der Waals surface area (Å²) in [6, 6.07) is 14.0. The third-order valence-electron chi connectivity index (χ3n) is 4.87. The van der Waals surface area contributed by atoms with E-state index < -0.39 is 11.7 Å². The number of carbonyl (C=O) groups is 2. The summed E-state index contributed by atoms with van der Waals surface area (Å²) in [6.07, 6.45) is -3.44. The minimum absolute atomic E-state index is 0.0730. The Balaban J connectivity index is 1.52. The van der Waals surface area contributed by atoms with Crippen molar-refractivity contribution < 1.29 is 22.8 Å². The first-order valence-corrected chi connectivity index (χ1v) is 9.13. The number of rotatable bonds is 4. The number of piperidine rings is 1. The maximum Gasteiger partial charge on any atom is 0.416 e. The number of hydrogen-bond acceptors (Lipinski definition) is 2. The molecule has 0 aliphatic carbocycles. The fraction of sp³-hybridized carbons (Fsp3) is 0.333. The zero-order valence-electron chi connectivity index (χ0n) is 15.2. The maximum atomic E-state index is 12.8. The van der Waals surface area contributed by atoms with Gasteiger partial charge in [-0.3, -0.25) is 9.59 Å². The van der Waals surface area contributed by atoms with Crippen molar-refractivity contribution in [1.82, 2.24) is 4.90 Å². The number of nitrogens with one attached hydrogen (secondary N) is 1. The Morgan fingerprint density at radius 2 is 1.68 bits per heavy atom. The Morgan fingerprint density at radius 1 is 1.00 bits per heavy atom. The van der Waals surface area contributed by atoms with Crippen LogP contribution in [-0.2, 0) is 22.2 Å². The van der Waals surface area contributed by atoms with Crippen molar-refractivity contribution >= 4 is 17.5 Å². The van der Waals surface area contributed by atoms with E-state index in [9.17, 15) is 22.8 Å². The van der Waals surface area contributed by atoms with Gasteiger partial charge in [-0.1, -0.05) is 36.4 Å². The zero-order valence-corrected chi connectivity index (χ0v) is 15.2. The number of hydrogen-bond donors (Lipinski definition) is 1. The Bertz CT molecular complexity index is 829. The number of benzene rings is 2. The molecule has 0 aromatic heterocycles. The quantitative estimate of drug-likeness (QED) is 0.854. The van der Waals surface area contributed by atoms with E-state index in [1.807, 2.05) is 30.3 Å². The molecule has 0 saturated carbocycles. The van der Waals surface area contributed by atoms with Gasteiger partial charge < -0.3 is 10.2 Å². The Kier molecular flexibility index (Phi) is 6.02. The fourth-order valence-electron chi connectivity index (χ4n) is 3.30. The molecule has 1 aliphatic rings. The number of alkyl halides is 3. The second-order valence-corrected chi connectivity index (χ2v) is 6.89. The molecule has 0 unspecified atom stereocenters. The summed E-state index contributed by atoms with van der Waals surface area (Å²) in [5.41, 5.74) is 0.313. The average molecular weight is 390 g/mol. The Morgan fingerprint density at radius 3 is 2.32 bits per heavy atom. The normalized spacial score (nSPS) is 15.3. The van der Waals surface area contributed by atoms with Crippen LogP contribution in [0.3, 0.4) is 0 Å². The molecular formula is C21H21F3N2O2. The van der Waals surface area contributed by atoms with Crippen molar-refractivity contribution in [3.05, 3.63) is 65.7 Å². The second-order valence-electron chi connectivity index (χ2n) is 6.89. The van der Waals surface area contributed by atoms with Gasteiger partial charge in [-0.25, -0.2) is 0 Å². The van der Waals surface area contributed by atoms with Gasteiger partial charge >= 0.3 is 6.18 Å². The standard InChI is InChI=1S/C21H21F3N2O2/c22-21(23,24)17-6-4-5-15(13-17)14-19(27)26-11-9-16(10-12-26)20(28)25-18-7-2-1-3-8-18/h1-8,13,16H,9-12,14H2,(H,25,28). The highest BCUT2D eigenvalue weighted by Gasteiger charge is 2.31. The smallest absolute Gasteiger partial charge is 0.342 e. The lowest BCUT2D eigenvalue weighted by molar-refractivity contribution is -0.138. The number of halogens is 3. The number of amides is 2. The third kappa shape index (κ3) is 5.12. The van der Waals surface area contributed by atoms with Gasteiger partial charge in [-0.05, 0) is 36.6 Å². The third-order valence-corrected chi connectivity index (χ3v) is 4.87. The topological polar surface area (TPSA) is 49.4 Å². The van der Waals surface area contributed by atoms with Gasteiger partial charge in [-0.2, -0.15) is 13.2 Å². The summed E-state index contributed by atoms with van der Waals surface area (Å²) in [7, 11) is 0. The molecule has 2 amide bonds. The zero-order chi connectivity index (χ0) is 20.1. The maximum absolute atomic E-state index is 12.8. The molecular weight excluding hydrogens is 369 g/mol. The van der Waals surface area contributed by atoms with Crippen molar-refractivity contribution in [1.29, 1.82) is 0 Å². The van der Waals surface area contributed by atoms with Crippen LogP contribution >= 0.6 is 0 Å². The van der Waals surface area contributed by atoms with Gasteiger partial charge in [-0.15, -0.1) is 0 Å². The van der Waals surface area contributed by atoms with Gasteiger partial charge in [0, 0.05) is 24.7 Å². The molecule has 3 rings (SSSR count). The predicted octanol–water partition coefficient (Wildman–Crippen LogP) is 4.13. The number of carbonyl (C=O) groups excluding carboxylic acids is 2. The van der Waals surface area contributed by atoms with Crippen LogP contribution in [0.1, 0.15) is 24.0 Å². The molecule has 0 radical (unpaired) electrons. The lowest BCUT2D eigenvalue weighted by Crippen LogP contribution is -2.42. The molecule has 1 fully saturated rings. The molecule has 4 nitrogen and oxygen atoms in total. The van der Waals surface area contributed by atoms with Crippen LogP contribution in [0.4, 0.5) is 18.9 Å². The summed E-state index contributed by atoms with van der Waals surface area (Å²) < 4.78 is 38.4. The van der Waals surface area contributed by atoms with E-state index in [4.69, 9.17) is 0 Å². The Hall–Kier alpha value is -2.83. The van der Waals surface area contributed by atoms with Gasteiger partial charge in [0.05, 0.1) is 12.0 Å². The van der Waals surface area contributed by atoms with Crippen LogP contribution in [0, 0.1) is 5.92 Å². The summed E-state index contributed by atoms with van der Waals surface area (Å²) in [4.78, 5) is 26.4. The average Bonchev–Trinajstić information content (AvgIpc) is 2.68. The molecule has 1 N–H and O–H groups in total. The molecule has 1 aliphatic heterocycles. The molecule has 1 heterocycles. The van der Waals surface area contributed by atoms with Gasteiger partial charge in [0.25, 0.3) is 0 Å². The molecule has 0 spiro atoms. The van der Waals surface area contributed by atoms with E-state index in [0.29, 0.717) is 31.5 Å². The minimum atomic E-state index is -4.43. The van der Waals surface area contributed by atoms with Crippen LogP contribution in [0.2, 0.25) is 0 Å². The van der Waals surface area contributed by atoms with Crippen molar-refractivity contribution in [3.8, 4) is 0 Å². The van der Waals surface area contributed by atoms with Crippen LogP contribution in [0.15, 0.2) is 54.6 Å². The summed E-state index contributed by atoms with van der Waals surface area (Å²) in [6.45, 7) is 0.843. The van der Waals surface area contributed by atoms with Gasteiger partial charge in [0.1, 0.15) is 0 Å². The van der Waals surface area contributed by atoms with Crippen molar-refractivity contribution in [2.45, 2.75) is 25.4 Å². The van der Waals surface area contributed by atoms with Gasteiger partial charge in [0.2, 0.25) is 11.8 Å². The molecule has 0 atom stereocenters. The van der Waals surface area contributed by atoms with E-state index in [1.54, 1.807) is 4.90 Å². The molecule has 2 aromatic rings. The molecule has 0 bridgehead atoms. The SMILES string of the molecule is O=C(Nc1ccccc1)C1CCN(C(=O)Cc2cccc(C(F)(F)F)c2)CC1.